The van der Waals surface area contributed by atoms with E-state index in [-0.39, 0.29) is 29.2 Å². The van der Waals surface area contributed by atoms with Crippen LogP contribution in [0.25, 0.3) is 0 Å². The molecule has 2 fully saturated rings. The fourth-order valence-electron chi connectivity index (χ4n) is 4.69. The van der Waals surface area contributed by atoms with Gasteiger partial charge in [-0.15, -0.1) is 0 Å². The lowest BCUT2D eigenvalue weighted by atomic mass is 9.92. The molecular formula is C23H32F3N3O4S. The summed E-state index contributed by atoms with van der Waals surface area (Å²) >= 11 is 0. The quantitative estimate of drug-likeness (QED) is 0.618. The van der Waals surface area contributed by atoms with Crippen molar-refractivity contribution in [3.05, 3.63) is 35.4 Å². The zero-order chi connectivity index (χ0) is 25.3. The summed E-state index contributed by atoms with van der Waals surface area (Å²) in [6.07, 6.45) is -3.62. The molecule has 1 aromatic rings. The molecule has 3 atom stereocenters. The van der Waals surface area contributed by atoms with Crippen molar-refractivity contribution in [3.8, 4) is 0 Å². The van der Waals surface area contributed by atoms with Gasteiger partial charge in [0.05, 0.1) is 16.6 Å². The molecule has 2 aliphatic heterocycles. The van der Waals surface area contributed by atoms with Crippen molar-refractivity contribution in [1.29, 1.82) is 0 Å². The third kappa shape index (κ3) is 5.91. The predicted molar refractivity (Wildman–Crippen MR) is 122 cm³/mol. The summed E-state index contributed by atoms with van der Waals surface area (Å²) in [4.78, 5) is 29.6. The molecule has 0 unspecified atom stereocenters. The van der Waals surface area contributed by atoms with Crippen LogP contribution in [-0.4, -0.2) is 79.3 Å². The van der Waals surface area contributed by atoms with Crippen molar-refractivity contribution >= 4 is 21.7 Å². The Balaban J connectivity index is 1.72. The summed E-state index contributed by atoms with van der Waals surface area (Å²) in [5.41, 5.74) is -1.10. The average Bonchev–Trinajstić information content (AvgIpc) is 3.12. The average molecular weight is 504 g/mol. The van der Waals surface area contributed by atoms with Gasteiger partial charge in [-0.1, -0.05) is 13.0 Å². The number of nitrogens with one attached hydrogen (secondary N) is 1. The van der Waals surface area contributed by atoms with Gasteiger partial charge in [-0.05, 0) is 51.4 Å². The van der Waals surface area contributed by atoms with Crippen LogP contribution < -0.4 is 5.32 Å². The number of rotatable bonds is 7. The molecule has 11 heteroatoms. The summed E-state index contributed by atoms with van der Waals surface area (Å²) in [7, 11) is -3.32. The van der Waals surface area contributed by atoms with Crippen LogP contribution in [-0.2, 0) is 20.8 Å². The fraction of sp³-hybridized carbons (Fsp3) is 0.652. The van der Waals surface area contributed by atoms with Gasteiger partial charge < -0.3 is 15.1 Å². The van der Waals surface area contributed by atoms with Crippen LogP contribution in [0.1, 0.15) is 49.5 Å². The Morgan fingerprint density at radius 2 is 1.91 bits per heavy atom. The standard InChI is InChI=1S/C23H32F3N3O4S/c1-4-28-10-9-20(17(13-28)14-34(32,33)15(2)3)29-11-8-19(22(29)31)27-21(30)16-6-5-7-18(12-16)23(24,25)26/h5-7,12,15,17,19-20H,4,8-11,13-14H2,1-3H3,(H,27,30)/t17-,19+,20+/m1/s1. The normalized spacial score (nSPS) is 24.6. The topological polar surface area (TPSA) is 86.8 Å². The van der Waals surface area contributed by atoms with Crippen molar-refractivity contribution in [3.63, 3.8) is 0 Å². The number of benzene rings is 1. The van der Waals surface area contributed by atoms with E-state index in [1.54, 1.807) is 18.7 Å². The van der Waals surface area contributed by atoms with E-state index in [2.05, 4.69) is 10.2 Å². The molecule has 1 N–H and O–H groups in total. The predicted octanol–water partition coefficient (Wildman–Crippen LogP) is 2.57. The number of halogens is 3. The van der Waals surface area contributed by atoms with Crippen LogP contribution in [0.15, 0.2) is 24.3 Å². The summed E-state index contributed by atoms with van der Waals surface area (Å²) < 4.78 is 64.2. The van der Waals surface area contributed by atoms with Gasteiger partial charge in [0.2, 0.25) is 5.91 Å². The fourth-order valence-corrected chi connectivity index (χ4v) is 6.00. The molecule has 0 aromatic heterocycles. The van der Waals surface area contributed by atoms with Crippen molar-refractivity contribution in [2.75, 3.05) is 31.9 Å². The van der Waals surface area contributed by atoms with Crippen molar-refractivity contribution in [2.45, 2.75) is 57.1 Å². The largest absolute Gasteiger partial charge is 0.416 e. The lowest BCUT2D eigenvalue weighted by molar-refractivity contribution is -0.137. The monoisotopic (exact) mass is 503 g/mol. The Labute approximate surface area is 198 Å². The highest BCUT2D eigenvalue weighted by atomic mass is 32.2. The van der Waals surface area contributed by atoms with Gasteiger partial charge in [0.15, 0.2) is 9.84 Å². The Morgan fingerprint density at radius 1 is 1.21 bits per heavy atom. The molecule has 3 rings (SSSR count). The van der Waals surface area contributed by atoms with Gasteiger partial charge in [0.25, 0.3) is 5.91 Å². The maximum atomic E-state index is 13.2. The van der Waals surface area contributed by atoms with Gasteiger partial charge in [-0.3, -0.25) is 9.59 Å². The van der Waals surface area contributed by atoms with Gasteiger partial charge in [-0.2, -0.15) is 13.2 Å². The minimum absolute atomic E-state index is 0.0170. The lowest BCUT2D eigenvalue weighted by Gasteiger charge is -2.42. The van der Waals surface area contributed by atoms with Crippen LogP contribution in [0.3, 0.4) is 0 Å². The molecule has 2 heterocycles. The Bertz CT molecular complexity index is 1010. The van der Waals surface area contributed by atoms with Crippen molar-refractivity contribution in [2.24, 2.45) is 5.92 Å². The van der Waals surface area contributed by atoms with Crippen LogP contribution >= 0.6 is 0 Å². The van der Waals surface area contributed by atoms with E-state index < -0.39 is 38.8 Å². The second-order valence-electron chi connectivity index (χ2n) is 9.31. The Kier molecular flexibility index (Phi) is 7.96. The molecule has 0 aliphatic carbocycles. The summed E-state index contributed by atoms with van der Waals surface area (Å²) in [6, 6.07) is 2.96. The summed E-state index contributed by atoms with van der Waals surface area (Å²) in [5, 5.41) is 2.05. The SMILES string of the molecule is CCN1CC[C@H](N2CC[C@H](NC(=O)c3cccc(C(F)(F)F)c3)C2=O)[C@@H](CS(=O)(=O)C(C)C)C1. The smallest absolute Gasteiger partial charge is 0.340 e. The first kappa shape index (κ1) is 26.5. The molecule has 190 valence electrons. The number of carbonyl (C=O) groups is 2. The first-order valence-electron chi connectivity index (χ1n) is 11.6. The highest BCUT2D eigenvalue weighted by Gasteiger charge is 2.43. The molecule has 0 bridgehead atoms. The first-order chi connectivity index (χ1) is 15.8. The number of likely N-dealkylation sites (tertiary alicyclic amines) is 2. The number of sulfone groups is 1. The van der Waals surface area contributed by atoms with Gasteiger partial charge in [0, 0.05) is 37.2 Å². The Hall–Kier alpha value is -2.14. The maximum Gasteiger partial charge on any atom is 0.416 e. The van der Waals surface area contributed by atoms with Gasteiger partial charge in [0.1, 0.15) is 6.04 Å². The highest BCUT2D eigenvalue weighted by Crippen LogP contribution is 2.30. The molecule has 0 saturated carbocycles. The van der Waals surface area contributed by atoms with Crippen molar-refractivity contribution in [1.82, 2.24) is 15.1 Å². The van der Waals surface area contributed by atoms with Crippen LogP contribution in [0.4, 0.5) is 13.2 Å². The lowest BCUT2D eigenvalue weighted by Crippen LogP contribution is -2.55. The molecule has 1 aromatic carbocycles. The molecule has 0 spiro atoms. The van der Waals surface area contributed by atoms with E-state index in [9.17, 15) is 31.2 Å². The van der Waals surface area contributed by atoms with Gasteiger partial charge in [-0.25, -0.2) is 8.42 Å². The minimum atomic E-state index is -4.57. The molecular weight excluding hydrogens is 471 g/mol. The number of hydrogen-bond acceptors (Lipinski definition) is 5. The van der Waals surface area contributed by atoms with E-state index >= 15 is 0 Å². The van der Waals surface area contributed by atoms with Crippen LogP contribution in [0.5, 0.6) is 0 Å². The molecule has 0 radical (unpaired) electrons. The van der Waals surface area contributed by atoms with Gasteiger partial charge >= 0.3 is 6.18 Å². The second-order valence-corrected chi connectivity index (χ2v) is 11.9. The number of nitrogens with zero attached hydrogens (tertiary/aromatic N) is 2. The van der Waals surface area contributed by atoms with E-state index in [1.807, 2.05) is 6.92 Å². The third-order valence-corrected chi connectivity index (χ3v) is 9.12. The second kappa shape index (κ2) is 10.2. The van der Waals surface area contributed by atoms with E-state index in [1.165, 1.54) is 6.07 Å². The zero-order valence-electron chi connectivity index (χ0n) is 19.6. The molecule has 7 nitrogen and oxygen atoms in total. The number of hydrogen-bond donors (Lipinski definition) is 1. The zero-order valence-corrected chi connectivity index (χ0v) is 20.5. The van der Waals surface area contributed by atoms with Crippen molar-refractivity contribution < 1.29 is 31.2 Å². The summed E-state index contributed by atoms with van der Waals surface area (Å²) in [6.45, 7) is 7.75. The van der Waals surface area contributed by atoms with E-state index in [0.717, 1.165) is 31.3 Å². The number of carbonyl (C=O) groups excluding carboxylic acids is 2. The Morgan fingerprint density at radius 3 is 2.53 bits per heavy atom. The van der Waals surface area contributed by atoms with E-state index in [4.69, 9.17) is 0 Å². The van der Waals surface area contributed by atoms with Crippen LogP contribution in [0.2, 0.25) is 0 Å². The summed E-state index contributed by atoms with van der Waals surface area (Å²) in [5.74, 6) is -1.33. The van der Waals surface area contributed by atoms with E-state index in [0.29, 0.717) is 25.9 Å². The molecule has 34 heavy (non-hydrogen) atoms. The molecule has 2 saturated heterocycles. The van der Waals surface area contributed by atoms with Crippen LogP contribution in [0, 0.1) is 5.92 Å². The third-order valence-electron chi connectivity index (χ3n) is 6.79. The molecule has 2 aliphatic rings. The molecule has 2 amide bonds. The first-order valence-corrected chi connectivity index (χ1v) is 13.3. The number of piperidine rings is 1. The maximum absolute atomic E-state index is 13.2. The number of amides is 2. The number of alkyl halides is 3. The highest BCUT2D eigenvalue weighted by molar-refractivity contribution is 7.91. The minimum Gasteiger partial charge on any atom is -0.340 e.